The summed E-state index contributed by atoms with van der Waals surface area (Å²) in [7, 11) is -3.77. The van der Waals surface area contributed by atoms with Gasteiger partial charge in [0.2, 0.25) is 5.91 Å². The van der Waals surface area contributed by atoms with Crippen LogP contribution in [0, 0.1) is 0 Å². The Morgan fingerprint density at radius 3 is 3.04 bits per heavy atom. The van der Waals surface area contributed by atoms with E-state index in [4.69, 9.17) is 0 Å². The third kappa shape index (κ3) is 3.13. The van der Waals surface area contributed by atoms with Gasteiger partial charge in [-0.25, -0.2) is 4.98 Å². The molecule has 1 aromatic carbocycles. The van der Waals surface area contributed by atoms with E-state index in [1.54, 1.807) is 24.4 Å². The van der Waals surface area contributed by atoms with Crippen LogP contribution in [-0.2, 0) is 21.2 Å². The maximum atomic E-state index is 12.7. The molecule has 1 aromatic heterocycles. The molecule has 1 amide bonds. The highest BCUT2D eigenvalue weighted by Gasteiger charge is 2.25. The zero-order valence-electron chi connectivity index (χ0n) is 13.7. The summed E-state index contributed by atoms with van der Waals surface area (Å²) < 4.78 is 29.9. The van der Waals surface area contributed by atoms with E-state index in [0.717, 1.165) is 30.0 Å². The van der Waals surface area contributed by atoms with Crippen molar-refractivity contribution < 1.29 is 13.2 Å². The molecule has 0 spiro atoms. The molecule has 25 heavy (non-hydrogen) atoms. The van der Waals surface area contributed by atoms with Crippen LogP contribution >= 0.6 is 11.8 Å². The molecule has 132 valence electrons. The first kappa shape index (κ1) is 16.5. The van der Waals surface area contributed by atoms with E-state index in [2.05, 4.69) is 21.9 Å². The number of benzene rings is 1. The number of nitrogens with zero attached hydrogens (tertiary/aromatic N) is 2. The molecule has 4 rings (SSSR count). The number of carbonyl (C=O) groups excluding carboxylic acids is 1. The Kier molecular flexibility index (Phi) is 3.99. The van der Waals surface area contributed by atoms with Gasteiger partial charge >= 0.3 is 0 Å². The Morgan fingerprint density at radius 1 is 1.40 bits per heavy atom. The molecule has 1 atom stereocenters. The minimum atomic E-state index is -3.77. The summed E-state index contributed by atoms with van der Waals surface area (Å²) in [6, 6.07) is 5.39. The summed E-state index contributed by atoms with van der Waals surface area (Å²) >= 11 is 1.43. The van der Waals surface area contributed by atoms with Crippen LogP contribution < -0.4 is 10.0 Å². The zero-order chi connectivity index (χ0) is 17.6. The van der Waals surface area contributed by atoms with E-state index in [0.29, 0.717) is 17.1 Å². The number of carbonyl (C=O) groups is 1. The van der Waals surface area contributed by atoms with Crippen molar-refractivity contribution >= 4 is 39.1 Å². The number of hydrogen-bond donors (Lipinski definition) is 2. The lowest BCUT2D eigenvalue weighted by atomic mass is 10.1. The standard InChI is InChI=1S/C16H18N4O3S2/c1-10-3-2-4-14-18-16(8-20(10)14)25(22,23)19-11-5-6-13-12(7-11)17-15(21)9-24-13/h5-8,10,19H,2-4,9H2,1H3,(H,17,21). The van der Waals surface area contributed by atoms with Gasteiger partial charge in [-0.2, -0.15) is 8.42 Å². The highest BCUT2D eigenvalue weighted by atomic mass is 32.2. The SMILES string of the molecule is CC1CCCc2nc(S(=O)(=O)Nc3ccc4c(c3)NC(=O)CS4)cn21. The van der Waals surface area contributed by atoms with E-state index in [9.17, 15) is 13.2 Å². The number of thioether (sulfide) groups is 1. The van der Waals surface area contributed by atoms with Crippen LogP contribution in [0.15, 0.2) is 34.3 Å². The van der Waals surface area contributed by atoms with Crippen LogP contribution in [0.4, 0.5) is 11.4 Å². The number of amides is 1. The van der Waals surface area contributed by atoms with Crippen molar-refractivity contribution in [3.8, 4) is 0 Å². The molecule has 7 nitrogen and oxygen atoms in total. The third-order valence-corrected chi connectivity index (χ3v) is 6.75. The van der Waals surface area contributed by atoms with Crippen LogP contribution in [0.5, 0.6) is 0 Å². The molecule has 2 aliphatic rings. The molecule has 0 bridgehead atoms. The minimum Gasteiger partial charge on any atom is -0.331 e. The van der Waals surface area contributed by atoms with Gasteiger partial charge in [-0.1, -0.05) is 0 Å². The summed E-state index contributed by atoms with van der Waals surface area (Å²) in [5.41, 5.74) is 1.03. The lowest BCUT2D eigenvalue weighted by Gasteiger charge is -2.20. The van der Waals surface area contributed by atoms with Crippen molar-refractivity contribution in [1.29, 1.82) is 0 Å². The maximum absolute atomic E-state index is 12.7. The first-order valence-electron chi connectivity index (χ1n) is 8.10. The van der Waals surface area contributed by atoms with Crippen molar-refractivity contribution in [2.24, 2.45) is 0 Å². The van der Waals surface area contributed by atoms with Gasteiger partial charge in [0.15, 0.2) is 5.03 Å². The van der Waals surface area contributed by atoms with Crippen molar-refractivity contribution in [1.82, 2.24) is 9.55 Å². The normalized spacial score (nSPS) is 19.7. The van der Waals surface area contributed by atoms with Crippen LogP contribution in [-0.4, -0.2) is 29.6 Å². The van der Waals surface area contributed by atoms with Gasteiger partial charge in [0, 0.05) is 23.6 Å². The van der Waals surface area contributed by atoms with Crippen molar-refractivity contribution in [3.63, 3.8) is 0 Å². The van der Waals surface area contributed by atoms with E-state index in [1.807, 2.05) is 4.57 Å². The first-order chi connectivity index (χ1) is 11.9. The number of imidazole rings is 1. The Hall–Kier alpha value is -2.00. The number of hydrogen-bond acceptors (Lipinski definition) is 5. The summed E-state index contributed by atoms with van der Waals surface area (Å²) in [6.07, 6.45) is 4.45. The van der Waals surface area contributed by atoms with Crippen molar-refractivity contribution in [2.75, 3.05) is 15.8 Å². The van der Waals surface area contributed by atoms with E-state index in [-0.39, 0.29) is 17.0 Å². The summed E-state index contributed by atoms with van der Waals surface area (Å²) in [4.78, 5) is 16.7. The molecule has 2 aromatic rings. The van der Waals surface area contributed by atoms with E-state index >= 15 is 0 Å². The van der Waals surface area contributed by atoms with Gasteiger partial charge in [-0.05, 0) is 38.0 Å². The fourth-order valence-corrected chi connectivity index (χ4v) is 4.96. The number of aryl methyl sites for hydroxylation is 1. The highest BCUT2D eigenvalue weighted by Crippen LogP contribution is 2.34. The lowest BCUT2D eigenvalue weighted by Crippen LogP contribution is -2.19. The fraction of sp³-hybridized carbons (Fsp3) is 0.375. The van der Waals surface area contributed by atoms with Gasteiger partial charge in [0.1, 0.15) is 5.82 Å². The first-order valence-corrected chi connectivity index (χ1v) is 10.6. The zero-order valence-corrected chi connectivity index (χ0v) is 15.3. The van der Waals surface area contributed by atoms with Crippen LogP contribution in [0.25, 0.3) is 0 Å². The third-order valence-electron chi connectivity index (χ3n) is 4.42. The summed E-state index contributed by atoms with van der Waals surface area (Å²) in [6.45, 7) is 2.07. The number of aromatic nitrogens is 2. The number of fused-ring (bicyclic) bond motifs is 2. The van der Waals surface area contributed by atoms with E-state index < -0.39 is 10.0 Å². The van der Waals surface area contributed by atoms with Gasteiger partial charge in [0.25, 0.3) is 10.0 Å². The smallest absolute Gasteiger partial charge is 0.280 e. The Labute approximate surface area is 150 Å². The topological polar surface area (TPSA) is 93.1 Å². The molecular formula is C16H18N4O3S2. The highest BCUT2D eigenvalue weighted by molar-refractivity contribution is 8.00. The fourth-order valence-electron chi connectivity index (χ4n) is 3.15. The quantitative estimate of drug-likeness (QED) is 0.856. The average molecular weight is 378 g/mol. The van der Waals surface area contributed by atoms with E-state index in [1.165, 1.54) is 11.8 Å². The number of sulfonamides is 1. The Morgan fingerprint density at radius 2 is 2.24 bits per heavy atom. The van der Waals surface area contributed by atoms with Crippen molar-refractivity contribution in [2.45, 2.75) is 42.1 Å². The number of nitrogens with one attached hydrogen (secondary N) is 2. The predicted octanol–water partition coefficient (Wildman–Crippen LogP) is 2.63. The second-order valence-electron chi connectivity index (χ2n) is 6.30. The van der Waals surface area contributed by atoms with Gasteiger partial charge in [-0.3, -0.25) is 9.52 Å². The molecule has 2 aliphatic heterocycles. The van der Waals surface area contributed by atoms with Crippen LogP contribution in [0.1, 0.15) is 31.6 Å². The predicted molar refractivity (Wildman–Crippen MR) is 96.5 cm³/mol. The molecule has 2 N–H and O–H groups in total. The largest absolute Gasteiger partial charge is 0.331 e. The molecule has 0 fully saturated rings. The van der Waals surface area contributed by atoms with Crippen molar-refractivity contribution in [3.05, 3.63) is 30.2 Å². The molecule has 9 heteroatoms. The Bertz CT molecular complexity index is 952. The number of rotatable bonds is 3. The monoisotopic (exact) mass is 378 g/mol. The molecule has 0 saturated carbocycles. The molecular weight excluding hydrogens is 360 g/mol. The molecule has 0 radical (unpaired) electrons. The van der Waals surface area contributed by atoms with Gasteiger partial charge in [-0.15, -0.1) is 11.8 Å². The molecule has 0 aliphatic carbocycles. The van der Waals surface area contributed by atoms with Crippen LogP contribution in [0.3, 0.4) is 0 Å². The molecule has 0 saturated heterocycles. The van der Waals surface area contributed by atoms with Gasteiger partial charge in [0.05, 0.1) is 17.1 Å². The van der Waals surface area contributed by atoms with Gasteiger partial charge < -0.3 is 9.88 Å². The lowest BCUT2D eigenvalue weighted by molar-refractivity contribution is -0.113. The minimum absolute atomic E-state index is 0.0346. The van der Waals surface area contributed by atoms with Crippen LogP contribution in [0.2, 0.25) is 0 Å². The molecule has 1 unspecified atom stereocenters. The summed E-state index contributed by atoms with van der Waals surface area (Å²) in [5.74, 6) is 1.10. The second kappa shape index (κ2) is 6.06. The number of anilines is 2. The average Bonchev–Trinajstić information content (AvgIpc) is 3.01. The molecule has 3 heterocycles. The second-order valence-corrected chi connectivity index (χ2v) is 8.94. The maximum Gasteiger partial charge on any atom is 0.280 e. The Balaban J connectivity index is 1.62. The summed E-state index contributed by atoms with van der Waals surface area (Å²) in [5, 5.41) is 2.79.